The minimum Gasteiger partial charge on any atom is -0.372 e. The first-order valence-corrected chi connectivity index (χ1v) is 5.59. The second-order valence-electron chi connectivity index (χ2n) is 4.04. The van der Waals surface area contributed by atoms with E-state index in [0.717, 1.165) is 0 Å². The molecule has 0 saturated carbocycles. The van der Waals surface area contributed by atoms with E-state index < -0.39 is 11.9 Å². The lowest BCUT2D eigenvalue weighted by Crippen LogP contribution is -2.39. The van der Waals surface area contributed by atoms with Crippen LogP contribution in [0, 0.1) is 17.2 Å². The van der Waals surface area contributed by atoms with Gasteiger partial charge in [0.2, 0.25) is 5.91 Å². The van der Waals surface area contributed by atoms with E-state index in [1.807, 2.05) is 19.9 Å². The van der Waals surface area contributed by atoms with Gasteiger partial charge in [-0.15, -0.1) is 0 Å². The Balaban J connectivity index is 3.06. The number of benzene rings is 1. The van der Waals surface area contributed by atoms with Gasteiger partial charge < -0.3 is 11.1 Å². The lowest BCUT2D eigenvalue weighted by Gasteiger charge is -2.21. The maximum Gasteiger partial charge on any atom is 0.240 e. The van der Waals surface area contributed by atoms with Crippen molar-refractivity contribution >= 4 is 23.2 Å². The number of carbonyl (C=O) groups excluding carboxylic acids is 1. The van der Waals surface area contributed by atoms with Gasteiger partial charge in [-0.25, -0.2) is 0 Å². The number of nitrogens with zero attached hydrogens (tertiary/aromatic N) is 1. The summed E-state index contributed by atoms with van der Waals surface area (Å²) in [6, 6.07) is 6.51. The van der Waals surface area contributed by atoms with Crippen LogP contribution >= 0.6 is 11.6 Å². The minimum absolute atomic E-state index is 0.0259. The van der Waals surface area contributed by atoms with Crippen LogP contribution in [0.4, 0.5) is 5.69 Å². The lowest BCUT2D eigenvalue weighted by molar-refractivity contribution is -0.119. The summed E-state index contributed by atoms with van der Waals surface area (Å²) in [4.78, 5) is 11.3. The summed E-state index contributed by atoms with van der Waals surface area (Å²) in [7, 11) is 0. The summed E-state index contributed by atoms with van der Waals surface area (Å²) in [6.07, 6.45) is 0. The summed E-state index contributed by atoms with van der Waals surface area (Å²) < 4.78 is 0. The third kappa shape index (κ3) is 3.11. The van der Waals surface area contributed by atoms with Crippen molar-refractivity contribution in [3.8, 4) is 6.07 Å². The average molecular weight is 252 g/mol. The lowest BCUT2D eigenvalue weighted by atomic mass is 10.0. The first kappa shape index (κ1) is 13.3. The van der Waals surface area contributed by atoms with Crippen LogP contribution in [0.5, 0.6) is 0 Å². The smallest absolute Gasteiger partial charge is 0.240 e. The van der Waals surface area contributed by atoms with Crippen LogP contribution in [0.2, 0.25) is 5.02 Å². The molecule has 0 aromatic heterocycles. The van der Waals surface area contributed by atoms with Crippen LogP contribution in [0.1, 0.15) is 19.4 Å². The van der Waals surface area contributed by atoms with E-state index in [-0.39, 0.29) is 5.92 Å². The summed E-state index contributed by atoms with van der Waals surface area (Å²) >= 11 is 5.89. The van der Waals surface area contributed by atoms with Crippen molar-refractivity contribution in [2.45, 2.75) is 19.9 Å². The van der Waals surface area contributed by atoms with Crippen LogP contribution < -0.4 is 11.1 Å². The molecule has 5 heteroatoms. The zero-order valence-electron chi connectivity index (χ0n) is 9.70. The number of carbonyl (C=O) groups is 1. The molecule has 1 unspecified atom stereocenters. The fraction of sp³-hybridized carbons (Fsp3) is 0.333. The summed E-state index contributed by atoms with van der Waals surface area (Å²) in [6.45, 7) is 3.75. The molecule has 1 amide bonds. The van der Waals surface area contributed by atoms with Gasteiger partial charge >= 0.3 is 0 Å². The Labute approximate surface area is 105 Å². The van der Waals surface area contributed by atoms with Crippen molar-refractivity contribution in [1.82, 2.24) is 0 Å². The van der Waals surface area contributed by atoms with Gasteiger partial charge in [0.25, 0.3) is 0 Å². The van der Waals surface area contributed by atoms with E-state index in [4.69, 9.17) is 22.6 Å². The van der Waals surface area contributed by atoms with Crippen molar-refractivity contribution in [2.24, 2.45) is 11.7 Å². The molecule has 1 rings (SSSR count). The monoisotopic (exact) mass is 251 g/mol. The highest BCUT2D eigenvalue weighted by Gasteiger charge is 2.20. The Hall–Kier alpha value is -1.73. The van der Waals surface area contributed by atoms with Crippen LogP contribution in [0.3, 0.4) is 0 Å². The number of hydrogen-bond acceptors (Lipinski definition) is 3. The van der Waals surface area contributed by atoms with Crippen molar-refractivity contribution < 1.29 is 4.79 Å². The van der Waals surface area contributed by atoms with Crippen molar-refractivity contribution in [2.75, 3.05) is 5.32 Å². The van der Waals surface area contributed by atoms with Gasteiger partial charge in [0.1, 0.15) is 12.1 Å². The predicted molar refractivity (Wildman–Crippen MR) is 67.6 cm³/mol. The number of rotatable bonds is 4. The van der Waals surface area contributed by atoms with Gasteiger partial charge in [-0.2, -0.15) is 5.26 Å². The van der Waals surface area contributed by atoms with Gasteiger partial charge in [0.05, 0.1) is 16.3 Å². The molecule has 0 aliphatic rings. The van der Waals surface area contributed by atoms with Gasteiger partial charge in [0, 0.05) is 0 Å². The maximum atomic E-state index is 11.3. The first-order valence-electron chi connectivity index (χ1n) is 5.21. The molecule has 90 valence electrons. The number of nitrogens with one attached hydrogen (secondary N) is 1. The molecular formula is C12H14ClN3O. The summed E-state index contributed by atoms with van der Waals surface area (Å²) in [5, 5.41) is 12.3. The molecule has 0 aliphatic carbocycles. The number of nitrogens with two attached hydrogens (primary N) is 1. The highest BCUT2D eigenvalue weighted by molar-refractivity contribution is 6.32. The van der Waals surface area contributed by atoms with Gasteiger partial charge in [-0.3, -0.25) is 4.79 Å². The summed E-state index contributed by atoms with van der Waals surface area (Å²) in [5.74, 6) is -0.429. The van der Waals surface area contributed by atoms with E-state index in [2.05, 4.69) is 5.32 Å². The Morgan fingerprint density at radius 2 is 2.18 bits per heavy atom. The second kappa shape index (κ2) is 5.55. The number of halogens is 1. The Morgan fingerprint density at radius 1 is 1.53 bits per heavy atom. The fourth-order valence-corrected chi connectivity index (χ4v) is 1.71. The number of primary amides is 1. The predicted octanol–water partition coefficient (Wildman–Crippen LogP) is 2.13. The van der Waals surface area contributed by atoms with E-state index >= 15 is 0 Å². The Morgan fingerprint density at radius 3 is 2.65 bits per heavy atom. The topological polar surface area (TPSA) is 78.9 Å². The Kier molecular flexibility index (Phi) is 4.36. The van der Waals surface area contributed by atoms with Gasteiger partial charge in [-0.1, -0.05) is 31.5 Å². The molecule has 0 radical (unpaired) electrons. The van der Waals surface area contributed by atoms with Gasteiger partial charge in [-0.05, 0) is 18.1 Å². The molecule has 1 aromatic carbocycles. The van der Waals surface area contributed by atoms with Crippen LogP contribution in [-0.2, 0) is 4.79 Å². The number of anilines is 1. The van der Waals surface area contributed by atoms with Crippen molar-refractivity contribution in [3.63, 3.8) is 0 Å². The maximum absolute atomic E-state index is 11.3. The first-order chi connectivity index (χ1) is 7.97. The van der Waals surface area contributed by atoms with E-state index in [9.17, 15) is 4.79 Å². The average Bonchev–Trinajstić information content (AvgIpc) is 2.25. The van der Waals surface area contributed by atoms with Gasteiger partial charge in [0.15, 0.2) is 0 Å². The van der Waals surface area contributed by atoms with Crippen LogP contribution in [-0.4, -0.2) is 11.9 Å². The molecule has 0 spiro atoms. The van der Waals surface area contributed by atoms with Crippen molar-refractivity contribution in [1.29, 1.82) is 5.26 Å². The molecule has 0 bridgehead atoms. The highest BCUT2D eigenvalue weighted by atomic mass is 35.5. The van der Waals surface area contributed by atoms with E-state index in [0.29, 0.717) is 16.3 Å². The van der Waals surface area contributed by atoms with E-state index in [1.54, 1.807) is 18.2 Å². The SMILES string of the molecule is CC(C)C(Nc1cccc(Cl)c1C#N)C(N)=O. The largest absolute Gasteiger partial charge is 0.372 e. The van der Waals surface area contributed by atoms with Crippen LogP contribution in [0.25, 0.3) is 0 Å². The molecule has 17 heavy (non-hydrogen) atoms. The molecule has 4 nitrogen and oxygen atoms in total. The standard InChI is InChI=1S/C12H14ClN3O/c1-7(2)11(12(15)17)16-10-5-3-4-9(13)8(10)6-14/h3-5,7,11,16H,1-2H3,(H2,15,17). The zero-order valence-corrected chi connectivity index (χ0v) is 10.5. The molecule has 0 aliphatic heterocycles. The van der Waals surface area contributed by atoms with E-state index in [1.165, 1.54) is 0 Å². The summed E-state index contributed by atoms with van der Waals surface area (Å²) in [5.41, 5.74) is 6.14. The molecule has 1 atom stereocenters. The molecule has 1 aromatic rings. The third-order valence-corrected chi connectivity index (χ3v) is 2.72. The second-order valence-corrected chi connectivity index (χ2v) is 4.45. The zero-order chi connectivity index (χ0) is 13.0. The molecule has 3 N–H and O–H groups in total. The number of amides is 1. The Bertz CT molecular complexity index is 465. The number of hydrogen-bond donors (Lipinski definition) is 2. The minimum atomic E-state index is -0.527. The van der Waals surface area contributed by atoms with Crippen molar-refractivity contribution in [3.05, 3.63) is 28.8 Å². The highest BCUT2D eigenvalue weighted by Crippen LogP contribution is 2.24. The molecular weight excluding hydrogens is 238 g/mol. The molecule has 0 saturated heterocycles. The van der Waals surface area contributed by atoms with Crippen LogP contribution in [0.15, 0.2) is 18.2 Å². The quantitative estimate of drug-likeness (QED) is 0.860. The number of nitriles is 1. The normalized spacial score (nSPS) is 11.9. The third-order valence-electron chi connectivity index (χ3n) is 2.41. The molecule has 0 heterocycles. The molecule has 0 fully saturated rings. The fourth-order valence-electron chi connectivity index (χ4n) is 1.49.